The molecule has 0 radical (unpaired) electrons. The largest absolute Gasteiger partial charge is 0.361 e. The van der Waals surface area contributed by atoms with Gasteiger partial charge in [-0.05, 0) is 49.4 Å². The maximum absolute atomic E-state index is 14.8. The monoisotopic (exact) mass is 578 g/mol. The third kappa shape index (κ3) is 5.12. The van der Waals surface area contributed by atoms with Gasteiger partial charge >= 0.3 is 0 Å². The molecule has 1 N–H and O–H groups in total. The second-order valence-electron chi connectivity index (χ2n) is 11.2. The Hall–Kier alpha value is -2.97. The van der Waals surface area contributed by atoms with Gasteiger partial charge in [0, 0.05) is 71.7 Å². The van der Waals surface area contributed by atoms with Crippen LogP contribution in [-0.4, -0.2) is 74.9 Å². The van der Waals surface area contributed by atoms with Crippen molar-refractivity contribution in [1.82, 2.24) is 19.7 Å². The molecular formula is C31H35ClN4O3S. The van der Waals surface area contributed by atoms with Crippen LogP contribution in [0.25, 0.3) is 10.9 Å². The van der Waals surface area contributed by atoms with Gasteiger partial charge < -0.3 is 19.7 Å². The van der Waals surface area contributed by atoms with Gasteiger partial charge in [0.1, 0.15) is 4.75 Å². The molecule has 0 bridgehead atoms. The highest BCUT2D eigenvalue weighted by Crippen LogP contribution is 2.55. The number of aromatic amines is 1. The topological polar surface area (TPSA) is 76.7 Å². The predicted octanol–water partition coefficient (Wildman–Crippen LogP) is 5.51. The van der Waals surface area contributed by atoms with E-state index in [1.54, 1.807) is 0 Å². The number of likely N-dealkylation sites (tertiary alicyclic amines) is 1. The average Bonchev–Trinajstić information content (AvgIpc) is 3.63. The van der Waals surface area contributed by atoms with Crippen LogP contribution in [0.15, 0.2) is 59.6 Å². The smallest absolute Gasteiger partial charge is 0.242 e. The molecule has 7 nitrogen and oxygen atoms in total. The lowest BCUT2D eigenvalue weighted by Gasteiger charge is -2.42. The maximum Gasteiger partial charge on any atom is 0.242 e. The van der Waals surface area contributed by atoms with Gasteiger partial charge in [0.2, 0.25) is 17.7 Å². The van der Waals surface area contributed by atoms with Crippen LogP contribution in [0.5, 0.6) is 0 Å². The van der Waals surface area contributed by atoms with Crippen molar-refractivity contribution in [1.29, 1.82) is 0 Å². The van der Waals surface area contributed by atoms with Crippen LogP contribution in [0, 0.1) is 5.92 Å². The summed E-state index contributed by atoms with van der Waals surface area (Å²) in [4.78, 5) is 51.3. The van der Waals surface area contributed by atoms with E-state index in [0.717, 1.165) is 40.6 Å². The zero-order valence-electron chi connectivity index (χ0n) is 22.8. The number of rotatable bonds is 8. The van der Waals surface area contributed by atoms with Gasteiger partial charge in [0.25, 0.3) is 0 Å². The minimum Gasteiger partial charge on any atom is -0.361 e. The highest BCUT2D eigenvalue weighted by atomic mass is 35.5. The molecule has 2 saturated heterocycles. The summed E-state index contributed by atoms with van der Waals surface area (Å²) in [5.41, 5.74) is 1.84. The Kier molecular flexibility index (Phi) is 7.57. The van der Waals surface area contributed by atoms with Crippen LogP contribution in [0.4, 0.5) is 0 Å². The first kappa shape index (κ1) is 27.2. The standard InChI is InChI=1S/C31H35ClN4O3S/c1-2-6-27(37)34-13-15-35(16-14-34)30(39)31(40-23-7-4-3-5-8-23)18-28(38)36(20-21-9-10-21)29(31)25-19-33-26-17-22(32)11-12-24(25)26/h3-5,7-8,11-12,17,19,21,29,33H,2,6,9-10,13-16,18,20H2,1H3. The molecule has 1 saturated carbocycles. The number of carbonyl (C=O) groups is 3. The summed E-state index contributed by atoms with van der Waals surface area (Å²) < 4.78 is -1.04. The van der Waals surface area contributed by atoms with Crippen molar-refractivity contribution >= 4 is 52.0 Å². The first-order chi connectivity index (χ1) is 19.4. The number of carbonyl (C=O) groups excluding carboxylic acids is 3. The van der Waals surface area contributed by atoms with Crippen LogP contribution in [-0.2, 0) is 14.4 Å². The van der Waals surface area contributed by atoms with Crippen molar-refractivity contribution in [2.45, 2.75) is 54.7 Å². The molecule has 2 aromatic carbocycles. The van der Waals surface area contributed by atoms with E-state index in [9.17, 15) is 14.4 Å². The third-order valence-corrected chi connectivity index (χ3v) is 10.0. The Morgan fingerprint density at radius 2 is 1.77 bits per heavy atom. The SMILES string of the molecule is CCCC(=O)N1CCN(C(=O)C2(Sc3ccccc3)CC(=O)N(CC3CC3)C2c2c[nH]c3cc(Cl)ccc23)CC1. The molecule has 9 heteroatoms. The first-order valence-corrected chi connectivity index (χ1v) is 15.5. The number of piperazine rings is 1. The van der Waals surface area contributed by atoms with Gasteiger partial charge in [-0.15, -0.1) is 11.8 Å². The number of hydrogen-bond acceptors (Lipinski definition) is 4. The molecule has 210 valence electrons. The van der Waals surface area contributed by atoms with Gasteiger partial charge in [-0.2, -0.15) is 0 Å². The Bertz CT molecular complexity index is 1420. The minimum absolute atomic E-state index is 0.0220. The van der Waals surface area contributed by atoms with E-state index in [1.807, 2.05) is 76.4 Å². The summed E-state index contributed by atoms with van der Waals surface area (Å²) in [7, 11) is 0. The summed E-state index contributed by atoms with van der Waals surface area (Å²) >= 11 is 7.82. The summed E-state index contributed by atoms with van der Waals surface area (Å²) in [5.74, 6) is 0.620. The minimum atomic E-state index is -1.04. The highest BCUT2D eigenvalue weighted by Gasteiger charge is 2.60. The normalized spacial score (nSPS) is 23.3. The number of aromatic nitrogens is 1. The Labute approximate surface area is 244 Å². The Morgan fingerprint density at radius 3 is 2.48 bits per heavy atom. The van der Waals surface area contributed by atoms with Crippen LogP contribution >= 0.6 is 23.4 Å². The fourth-order valence-corrected chi connectivity index (χ4v) is 7.86. The molecule has 3 aromatic rings. The molecule has 40 heavy (non-hydrogen) atoms. The van der Waals surface area contributed by atoms with E-state index in [0.29, 0.717) is 50.1 Å². The molecule has 1 aromatic heterocycles. The number of nitrogens with one attached hydrogen (secondary N) is 1. The van der Waals surface area contributed by atoms with Crippen molar-refractivity contribution in [3.63, 3.8) is 0 Å². The van der Waals surface area contributed by atoms with Gasteiger partial charge in [-0.1, -0.05) is 42.8 Å². The van der Waals surface area contributed by atoms with E-state index in [-0.39, 0.29) is 24.1 Å². The molecular weight excluding hydrogens is 544 g/mol. The van der Waals surface area contributed by atoms with E-state index in [2.05, 4.69) is 4.98 Å². The van der Waals surface area contributed by atoms with Crippen LogP contribution in [0.1, 0.15) is 50.6 Å². The second kappa shape index (κ2) is 11.1. The Balaban J connectivity index is 1.42. The number of hydrogen-bond donors (Lipinski definition) is 1. The molecule has 0 spiro atoms. The second-order valence-corrected chi connectivity index (χ2v) is 13.1. The summed E-state index contributed by atoms with van der Waals surface area (Å²) in [6.07, 6.45) is 5.66. The lowest BCUT2D eigenvalue weighted by Crippen LogP contribution is -2.57. The van der Waals surface area contributed by atoms with Crippen molar-refractivity contribution in [2.75, 3.05) is 32.7 Å². The van der Waals surface area contributed by atoms with Crippen molar-refractivity contribution in [3.05, 3.63) is 65.3 Å². The van der Waals surface area contributed by atoms with Crippen molar-refractivity contribution in [3.8, 4) is 0 Å². The van der Waals surface area contributed by atoms with Crippen LogP contribution in [0.2, 0.25) is 5.02 Å². The quantitative estimate of drug-likeness (QED) is 0.382. The van der Waals surface area contributed by atoms with E-state index in [1.165, 1.54) is 11.8 Å². The summed E-state index contributed by atoms with van der Waals surface area (Å²) in [5, 5.41) is 1.61. The molecule has 3 amide bonds. The fourth-order valence-electron chi connectivity index (χ4n) is 6.20. The zero-order chi connectivity index (χ0) is 27.9. The van der Waals surface area contributed by atoms with E-state index < -0.39 is 10.8 Å². The lowest BCUT2D eigenvalue weighted by molar-refractivity contribution is -0.141. The van der Waals surface area contributed by atoms with Crippen molar-refractivity contribution < 1.29 is 14.4 Å². The highest BCUT2D eigenvalue weighted by molar-refractivity contribution is 8.01. The fraction of sp³-hybridized carbons (Fsp3) is 0.452. The van der Waals surface area contributed by atoms with E-state index >= 15 is 0 Å². The number of H-pyrrole nitrogens is 1. The van der Waals surface area contributed by atoms with Gasteiger partial charge in [0.15, 0.2) is 0 Å². The molecule has 3 aliphatic rings. The van der Waals surface area contributed by atoms with Crippen LogP contribution < -0.4 is 0 Å². The average molecular weight is 579 g/mol. The lowest BCUT2D eigenvalue weighted by atomic mass is 9.90. The molecule has 3 fully saturated rings. The Morgan fingerprint density at radius 1 is 1.05 bits per heavy atom. The number of nitrogens with zero attached hydrogens (tertiary/aromatic N) is 3. The molecule has 2 aliphatic heterocycles. The van der Waals surface area contributed by atoms with Crippen molar-refractivity contribution in [2.24, 2.45) is 5.92 Å². The maximum atomic E-state index is 14.8. The predicted molar refractivity (Wildman–Crippen MR) is 158 cm³/mol. The third-order valence-electron chi connectivity index (χ3n) is 8.40. The van der Waals surface area contributed by atoms with Gasteiger partial charge in [-0.3, -0.25) is 14.4 Å². The summed E-state index contributed by atoms with van der Waals surface area (Å²) in [6.45, 7) is 4.65. The molecule has 2 atom stereocenters. The first-order valence-electron chi connectivity index (χ1n) is 14.3. The number of fused-ring (bicyclic) bond motifs is 1. The number of benzene rings is 2. The van der Waals surface area contributed by atoms with E-state index in [4.69, 9.17) is 11.6 Å². The van der Waals surface area contributed by atoms with Gasteiger partial charge in [-0.25, -0.2) is 0 Å². The zero-order valence-corrected chi connectivity index (χ0v) is 24.3. The molecule has 1 aliphatic carbocycles. The number of thioether (sulfide) groups is 1. The summed E-state index contributed by atoms with van der Waals surface area (Å²) in [6, 6.07) is 15.2. The van der Waals surface area contributed by atoms with Gasteiger partial charge in [0.05, 0.1) is 12.5 Å². The van der Waals surface area contributed by atoms with Crippen LogP contribution in [0.3, 0.4) is 0 Å². The molecule has 3 heterocycles. The molecule has 2 unspecified atom stereocenters. The number of amides is 3. The molecule has 6 rings (SSSR count). The number of halogens is 1.